The van der Waals surface area contributed by atoms with E-state index in [0.29, 0.717) is 12.2 Å². The van der Waals surface area contributed by atoms with E-state index in [9.17, 15) is 9.59 Å². The number of methoxy groups -OCH3 is 1. The van der Waals surface area contributed by atoms with Gasteiger partial charge in [0.15, 0.2) is 5.82 Å². The van der Waals surface area contributed by atoms with Crippen molar-refractivity contribution < 1.29 is 14.3 Å². The molecule has 6 nitrogen and oxygen atoms in total. The average molecular weight is 293 g/mol. The molecule has 2 rings (SSSR count). The summed E-state index contributed by atoms with van der Waals surface area (Å²) < 4.78 is 4.51. The second kappa shape index (κ2) is 6.85. The largest absolute Gasteiger partial charge is 0.469 e. The molecular weight excluding hydrogens is 278 g/mol. The van der Waals surface area contributed by atoms with Crippen LogP contribution in [0, 0.1) is 0 Å². The number of carbonyl (C=O) groups excluding carboxylic acids is 2. The number of hydrogen-bond acceptors (Lipinski definition) is 5. The number of aromatic nitrogens is 2. The van der Waals surface area contributed by atoms with Crippen molar-refractivity contribution in [2.24, 2.45) is 0 Å². The van der Waals surface area contributed by atoms with E-state index in [4.69, 9.17) is 0 Å². The second-order valence-corrected chi connectivity index (χ2v) is 5.07. The van der Waals surface area contributed by atoms with Gasteiger partial charge < -0.3 is 10.1 Å². The maximum absolute atomic E-state index is 11.7. The summed E-state index contributed by atoms with van der Waals surface area (Å²) in [5, 5.41) is 11.6. The number of ether oxygens (including phenoxy) is 1. The van der Waals surface area contributed by atoms with Gasteiger partial charge in [-0.2, -0.15) is 5.10 Å². The van der Waals surface area contributed by atoms with E-state index in [-0.39, 0.29) is 24.7 Å². The van der Waals surface area contributed by atoms with Crippen LogP contribution >= 0.6 is 11.3 Å². The minimum absolute atomic E-state index is 0.168. The van der Waals surface area contributed by atoms with Crippen LogP contribution in [0.3, 0.4) is 0 Å². The van der Waals surface area contributed by atoms with Crippen molar-refractivity contribution in [3.8, 4) is 10.6 Å². The Hall–Kier alpha value is -2.15. The molecule has 1 amide bonds. The van der Waals surface area contributed by atoms with Gasteiger partial charge >= 0.3 is 5.97 Å². The Morgan fingerprint density at radius 1 is 1.45 bits per heavy atom. The zero-order chi connectivity index (χ0) is 14.4. The lowest BCUT2D eigenvalue weighted by Crippen LogP contribution is -2.12. The zero-order valence-corrected chi connectivity index (χ0v) is 11.8. The van der Waals surface area contributed by atoms with Crippen molar-refractivity contribution in [2.45, 2.75) is 19.3 Å². The number of thiophene rings is 1. The van der Waals surface area contributed by atoms with Crippen LogP contribution in [0.1, 0.15) is 19.3 Å². The van der Waals surface area contributed by atoms with Crippen molar-refractivity contribution in [1.29, 1.82) is 0 Å². The first-order valence-electron chi connectivity index (χ1n) is 6.15. The third-order valence-corrected chi connectivity index (χ3v) is 3.55. The fraction of sp³-hybridized carbons (Fsp3) is 0.308. The van der Waals surface area contributed by atoms with Crippen LogP contribution in [0.2, 0.25) is 0 Å². The molecular formula is C13H15N3O3S. The lowest BCUT2D eigenvalue weighted by molar-refractivity contribution is -0.140. The van der Waals surface area contributed by atoms with Crippen LogP contribution in [0.25, 0.3) is 10.6 Å². The molecule has 2 aromatic heterocycles. The predicted octanol–water partition coefficient (Wildman–Crippen LogP) is 2.42. The van der Waals surface area contributed by atoms with Gasteiger partial charge in [-0.3, -0.25) is 14.7 Å². The molecule has 0 saturated carbocycles. The number of anilines is 1. The highest BCUT2D eigenvalue weighted by atomic mass is 32.1. The van der Waals surface area contributed by atoms with Gasteiger partial charge in [0.25, 0.3) is 0 Å². The van der Waals surface area contributed by atoms with Gasteiger partial charge in [0.2, 0.25) is 5.91 Å². The fourth-order valence-electron chi connectivity index (χ4n) is 1.64. The molecule has 7 heteroatoms. The molecule has 0 radical (unpaired) electrons. The van der Waals surface area contributed by atoms with Gasteiger partial charge in [0.05, 0.1) is 17.7 Å². The van der Waals surface area contributed by atoms with Crippen molar-refractivity contribution in [2.75, 3.05) is 12.4 Å². The highest BCUT2D eigenvalue weighted by Crippen LogP contribution is 2.24. The van der Waals surface area contributed by atoms with Crippen LogP contribution in [0.4, 0.5) is 5.82 Å². The molecule has 0 unspecified atom stereocenters. The van der Waals surface area contributed by atoms with Crippen LogP contribution in [0.5, 0.6) is 0 Å². The van der Waals surface area contributed by atoms with E-state index < -0.39 is 0 Å². The summed E-state index contributed by atoms with van der Waals surface area (Å²) in [4.78, 5) is 23.6. The average Bonchev–Trinajstić information content (AvgIpc) is 3.08. The lowest BCUT2D eigenvalue weighted by Gasteiger charge is -2.01. The number of esters is 1. The van der Waals surface area contributed by atoms with Gasteiger partial charge in [-0.15, -0.1) is 11.3 Å². The Morgan fingerprint density at radius 3 is 3.00 bits per heavy atom. The normalized spacial score (nSPS) is 10.2. The summed E-state index contributed by atoms with van der Waals surface area (Å²) in [6.07, 6.45) is 0.960. The van der Waals surface area contributed by atoms with Crippen LogP contribution < -0.4 is 5.32 Å². The van der Waals surface area contributed by atoms with E-state index in [1.807, 2.05) is 17.5 Å². The Kier molecular flexibility index (Phi) is 4.89. The summed E-state index contributed by atoms with van der Waals surface area (Å²) in [5.41, 5.74) is 0.866. The number of aromatic amines is 1. The van der Waals surface area contributed by atoms with Gasteiger partial charge in [-0.25, -0.2) is 0 Å². The summed E-state index contributed by atoms with van der Waals surface area (Å²) >= 11 is 1.59. The SMILES string of the molecule is COC(=O)CCCC(=O)Nc1cc(-c2cccs2)[nH]n1. The summed E-state index contributed by atoms with van der Waals surface area (Å²) in [7, 11) is 1.33. The Bertz CT molecular complexity index is 577. The number of nitrogens with one attached hydrogen (secondary N) is 2. The second-order valence-electron chi connectivity index (χ2n) is 4.12. The molecule has 0 aliphatic rings. The van der Waals surface area contributed by atoms with E-state index in [1.165, 1.54) is 7.11 Å². The third kappa shape index (κ3) is 3.92. The highest BCUT2D eigenvalue weighted by Gasteiger charge is 2.09. The van der Waals surface area contributed by atoms with Gasteiger partial charge in [-0.05, 0) is 17.9 Å². The first kappa shape index (κ1) is 14.3. The fourth-order valence-corrected chi connectivity index (χ4v) is 2.34. The lowest BCUT2D eigenvalue weighted by atomic mass is 10.2. The molecule has 2 heterocycles. The number of hydrogen-bond donors (Lipinski definition) is 2. The topological polar surface area (TPSA) is 84.1 Å². The van der Waals surface area contributed by atoms with E-state index in [2.05, 4.69) is 20.3 Å². The molecule has 0 aliphatic heterocycles. The van der Waals surface area contributed by atoms with Crippen molar-refractivity contribution >= 4 is 29.0 Å². The molecule has 106 valence electrons. The van der Waals surface area contributed by atoms with Crippen molar-refractivity contribution in [1.82, 2.24) is 10.2 Å². The third-order valence-electron chi connectivity index (χ3n) is 2.64. The Balaban J connectivity index is 1.81. The molecule has 0 spiro atoms. The van der Waals surface area contributed by atoms with Crippen LogP contribution in [0.15, 0.2) is 23.6 Å². The minimum Gasteiger partial charge on any atom is -0.469 e. The number of rotatable bonds is 6. The summed E-state index contributed by atoms with van der Waals surface area (Å²) in [6, 6.07) is 5.70. The van der Waals surface area contributed by atoms with Gasteiger partial charge in [0.1, 0.15) is 0 Å². The quantitative estimate of drug-likeness (QED) is 0.801. The van der Waals surface area contributed by atoms with Crippen molar-refractivity contribution in [3.05, 3.63) is 23.6 Å². The molecule has 0 aromatic carbocycles. The summed E-state index contributed by atoms with van der Waals surface area (Å²) in [5.74, 6) is 0.00662. The van der Waals surface area contributed by atoms with Crippen LogP contribution in [-0.2, 0) is 14.3 Å². The maximum atomic E-state index is 11.7. The molecule has 0 fully saturated rings. The smallest absolute Gasteiger partial charge is 0.305 e. The molecule has 20 heavy (non-hydrogen) atoms. The highest BCUT2D eigenvalue weighted by molar-refractivity contribution is 7.13. The molecule has 2 aromatic rings. The minimum atomic E-state index is -0.308. The van der Waals surface area contributed by atoms with Crippen LogP contribution in [-0.4, -0.2) is 29.2 Å². The molecule has 0 bridgehead atoms. The maximum Gasteiger partial charge on any atom is 0.305 e. The van der Waals surface area contributed by atoms with E-state index >= 15 is 0 Å². The van der Waals surface area contributed by atoms with Gasteiger partial charge in [0, 0.05) is 18.9 Å². The van der Waals surface area contributed by atoms with Crippen molar-refractivity contribution in [3.63, 3.8) is 0 Å². The molecule has 2 N–H and O–H groups in total. The Labute approximate surface area is 120 Å². The summed E-state index contributed by atoms with van der Waals surface area (Å²) in [6.45, 7) is 0. The zero-order valence-electron chi connectivity index (χ0n) is 11.0. The Morgan fingerprint density at radius 2 is 2.30 bits per heavy atom. The number of nitrogens with zero attached hydrogens (tertiary/aromatic N) is 1. The number of carbonyl (C=O) groups is 2. The molecule has 0 saturated heterocycles. The van der Waals surface area contributed by atoms with E-state index in [0.717, 1.165) is 10.6 Å². The monoisotopic (exact) mass is 293 g/mol. The van der Waals surface area contributed by atoms with Gasteiger partial charge in [-0.1, -0.05) is 6.07 Å². The molecule has 0 atom stereocenters. The number of H-pyrrole nitrogens is 1. The van der Waals surface area contributed by atoms with E-state index in [1.54, 1.807) is 17.4 Å². The molecule has 0 aliphatic carbocycles. The first-order chi connectivity index (χ1) is 9.69. The predicted molar refractivity (Wildman–Crippen MR) is 76.4 cm³/mol. The first-order valence-corrected chi connectivity index (χ1v) is 7.03. The standard InChI is InChI=1S/C13H15N3O3S/c1-19-13(18)6-2-5-12(17)14-11-8-9(15-16-11)10-4-3-7-20-10/h3-4,7-8H,2,5-6H2,1H3,(H2,14,15,16,17). The number of amides is 1.